The van der Waals surface area contributed by atoms with Gasteiger partial charge in [0.1, 0.15) is 5.76 Å². The molecule has 1 rings (SSSR count). The van der Waals surface area contributed by atoms with Gasteiger partial charge in [-0.3, -0.25) is 4.99 Å². The van der Waals surface area contributed by atoms with Crippen molar-refractivity contribution < 1.29 is 4.74 Å². The van der Waals surface area contributed by atoms with Crippen molar-refractivity contribution in [1.82, 2.24) is 0 Å². The number of hydrogen-bond acceptors (Lipinski definition) is 2. The minimum absolute atomic E-state index is 0.778. The monoisotopic (exact) mass is 167 g/mol. The molecule has 1 aliphatic rings. The number of hydrogen-bond donors (Lipinski definition) is 0. The van der Waals surface area contributed by atoms with Crippen molar-refractivity contribution in [3.05, 3.63) is 24.1 Å². The van der Waals surface area contributed by atoms with Crippen molar-refractivity contribution in [3.8, 4) is 0 Å². The normalized spacial score (nSPS) is 15.5. The van der Waals surface area contributed by atoms with Gasteiger partial charge in [-0.2, -0.15) is 0 Å². The molecule has 0 aliphatic carbocycles. The maximum Gasteiger partial charge on any atom is 0.140 e. The summed E-state index contributed by atoms with van der Waals surface area (Å²) in [7, 11) is 0. The summed E-state index contributed by atoms with van der Waals surface area (Å²) >= 11 is 0. The molecular weight excluding hydrogens is 150 g/mol. The SMILES string of the molecule is C=CC1=C(N=C)CCCO1.CC. The molecule has 0 amide bonds. The Morgan fingerprint density at radius 3 is 2.58 bits per heavy atom. The molecule has 0 saturated carbocycles. The zero-order valence-electron chi connectivity index (χ0n) is 7.97. The van der Waals surface area contributed by atoms with Crippen LogP contribution in [0.3, 0.4) is 0 Å². The smallest absolute Gasteiger partial charge is 0.140 e. The lowest BCUT2D eigenvalue weighted by Gasteiger charge is -2.15. The number of rotatable bonds is 2. The van der Waals surface area contributed by atoms with E-state index in [1.807, 2.05) is 13.8 Å². The summed E-state index contributed by atoms with van der Waals surface area (Å²) in [6.07, 6.45) is 3.68. The van der Waals surface area contributed by atoms with Gasteiger partial charge in [0.2, 0.25) is 0 Å². The molecule has 0 aromatic rings. The summed E-state index contributed by atoms with van der Waals surface area (Å²) in [6, 6.07) is 0. The molecule has 1 heterocycles. The number of nitrogens with zero attached hydrogens (tertiary/aromatic N) is 1. The van der Waals surface area contributed by atoms with Gasteiger partial charge in [0.15, 0.2) is 0 Å². The molecule has 0 aromatic carbocycles. The van der Waals surface area contributed by atoms with Crippen LogP contribution in [-0.2, 0) is 4.74 Å². The van der Waals surface area contributed by atoms with E-state index in [0.29, 0.717) is 0 Å². The average Bonchev–Trinajstić information content (AvgIpc) is 2.20. The van der Waals surface area contributed by atoms with Gasteiger partial charge in [-0.05, 0) is 25.6 Å². The van der Waals surface area contributed by atoms with Gasteiger partial charge < -0.3 is 4.74 Å². The fourth-order valence-electron chi connectivity index (χ4n) is 0.962. The van der Waals surface area contributed by atoms with Crippen molar-refractivity contribution >= 4 is 6.72 Å². The molecule has 0 atom stereocenters. The first-order chi connectivity index (χ1) is 5.88. The van der Waals surface area contributed by atoms with E-state index in [2.05, 4.69) is 18.3 Å². The minimum atomic E-state index is 0.778. The van der Waals surface area contributed by atoms with Gasteiger partial charge in [0.25, 0.3) is 0 Å². The molecule has 0 unspecified atom stereocenters. The molecule has 0 radical (unpaired) electrons. The summed E-state index contributed by atoms with van der Waals surface area (Å²) in [6.45, 7) is 11.8. The van der Waals surface area contributed by atoms with E-state index < -0.39 is 0 Å². The predicted molar refractivity (Wildman–Crippen MR) is 53.3 cm³/mol. The number of allylic oxidation sites excluding steroid dienone is 2. The minimum Gasteiger partial charge on any atom is -0.492 e. The molecule has 12 heavy (non-hydrogen) atoms. The van der Waals surface area contributed by atoms with Crippen LogP contribution >= 0.6 is 0 Å². The molecule has 2 heteroatoms. The Labute approximate surface area is 74.7 Å². The van der Waals surface area contributed by atoms with E-state index in [9.17, 15) is 0 Å². The number of aliphatic imine (C=N–C) groups is 1. The zero-order chi connectivity index (χ0) is 9.40. The Bertz CT molecular complexity index is 162. The van der Waals surface area contributed by atoms with Gasteiger partial charge in [0, 0.05) is 0 Å². The van der Waals surface area contributed by atoms with Crippen molar-refractivity contribution in [2.75, 3.05) is 6.61 Å². The molecule has 0 fully saturated rings. The van der Waals surface area contributed by atoms with Crippen LogP contribution < -0.4 is 0 Å². The first-order valence-corrected chi connectivity index (χ1v) is 4.33. The lowest BCUT2D eigenvalue weighted by molar-refractivity contribution is 0.199. The van der Waals surface area contributed by atoms with Gasteiger partial charge >= 0.3 is 0 Å². The highest BCUT2D eigenvalue weighted by Crippen LogP contribution is 2.19. The zero-order valence-corrected chi connectivity index (χ0v) is 7.97. The molecule has 0 bridgehead atoms. The van der Waals surface area contributed by atoms with E-state index in [-0.39, 0.29) is 0 Å². The number of ether oxygens (including phenoxy) is 1. The van der Waals surface area contributed by atoms with Crippen LogP contribution in [0, 0.1) is 0 Å². The molecule has 68 valence electrons. The summed E-state index contributed by atoms with van der Waals surface area (Å²) < 4.78 is 5.26. The summed E-state index contributed by atoms with van der Waals surface area (Å²) in [5.74, 6) is 0.793. The Morgan fingerprint density at radius 1 is 1.50 bits per heavy atom. The van der Waals surface area contributed by atoms with Crippen LogP contribution in [0.5, 0.6) is 0 Å². The van der Waals surface area contributed by atoms with Crippen LogP contribution in [-0.4, -0.2) is 13.3 Å². The largest absolute Gasteiger partial charge is 0.492 e. The molecule has 1 aliphatic heterocycles. The molecule has 0 N–H and O–H groups in total. The van der Waals surface area contributed by atoms with E-state index in [4.69, 9.17) is 4.74 Å². The maximum absolute atomic E-state index is 5.26. The van der Waals surface area contributed by atoms with Crippen LogP contribution in [0.2, 0.25) is 0 Å². The van der Waals surface area contributed by atoms with Crippen molar-refractivity contribution in [2.45, 2.75) is 26.7 Å². The quantitative estimate of drug-likeness (QED) is 0.579. The van der Waals surface area contributed by atoms with Crippen molar-refractivity contribution in [3.63, 3.8) is 0 Å². The third kappa shape index (κ3) is 2.91. The molecule has 0 saturated heterocycles. The van der Waals surface area contributed by atoms with E-state index >= 15 is 0 Å². The Kier molecular flexibility index (Phi) is 6.07. The van der Waals surface area contributed by atoms with Crippen LogP contribution in [0.15, 0.2) is 29.1 Å². The van der Waals surface area contributed by atoms with E-state index in [1.54, 1.807) is 6.08 Å². The molecular formula is C10H17NO. The van der Waals surface area contributed by atoms with E-state index in [0.717, 1.165) is 30.9 Å². The second-order valence-electron chi connectivity index (χ2n) is 2.13. The lowest BCUT2D eigenvalue weighted by Crippen LogP contribution is -2.03. The standard InChI is InChI=1S/C8H11NO.C2H6/c1-3-8-7(9-2)5-4-6-10-8;1-2/h3H,1-2,4-6H2;1-2H3. The van der Waals surface area contributed by atoms with Crippen molar-refractivity contribution in [2.24, 2.45) is 4.99 Å². The average molecular weight is 167 g/mol. The van der Waals surface area contributed by atoms with Gasteiger partial charge in [-0.25, -0.2) is 0 Å². The first kappa shape index (κ1) is 11.0. The van der Waals surface area contributed by atoms with Crippen LogP contribution in [0.25, 0.3) is 0 Å². The van der Waals surface area contributed by atoms with Crippen LogP contribution in [0.4, 0.5) is 0 Å². The third-order valence-electron chi connectivity index (χ3n) is 1.48. The Hall–Kier alpha value is -1.05. The topological polar surface area (TPSA) is 21.6 Å². The summed E-state index contributed by atoms with van der Waals surface area (Å²) in [5, 5.41) is 0. The summed E-state index contributed by atoms with van der Waals surface area (Å²) in [4.78, 5) is 3.83. The molecule has 0 spiro atoms. The Morgan fingerprint density at radius 2 is 2.17 bits per heavy atom. The third-order valence-corrected chi connectivity index (χ3v) is 1.48. The first-order valence-electron chi connectivity index (χ1n) is 4.33. The molecule has 2 nitrogen and oxygen atoms in total. The summed E-state index contributed by atoms with van der Waals surface area (Å²) in [5.41, 5.74) is 0.932. The second kappa shape index (κ2) is 6.65. The highest BCUT2D eigenvalue weighted by molar-refractivity contribution is 5.32. The van der Waals surface area contributed by atoms with Crippen molar-refractivity contribution in [1.29, 1.82) is 0 Å². The Balaban J connectivity index is 0.000000561. The van der Waals surface area contributed by atoms with Gasteiger partial charge in [-0.15, -0.1) is 0 Å². The fourth-order valence-corrected chi connectivity index (χ4v) is 0.962. The highest BCUT2D eigenvalue weighted by atomic mass is 16.5. The predicted octanol–water partition coefficient (Wildman–Crippen LogP) is 2.92. The highest BCUT2D eigenvalue weighted by Gasteiger charge is 2.08. The van der Waals surface area contributed by atoms with Crippen LogP contribution in [0.1, 0.15) is 26.7 Å². The lowest BCUT2D eigenvalue weighted by atomic mass is 10.2. The fraction of sp³-hybridized carbons (Fsp3) is 0.500. The molecule has 0 aromatic heterocycles. The van der Waals surface area contributed by atoms with E-state index in [1.165, 1.54) is 0 Å². The second-order valence-corrected chi connectivity index (χ2v) is 2.13. The van der Waals surface area contributed by atoms with Gasteiger partial charge in [-0.1, -0.05) is 20.4 Å². The maximum atomic E-state index is 5.26. The van der Waals surface area contributed by atoms with Gasteiger partial charge in [0.05, 0.1) is 12.3 Å².